The predicted molar refractivity (Wildman–Crippen MR) is 161 cm³/mol. The van der Waals surface area contributed by atoms with Crippen molar-refractivity contribution in [3.8, 4) is 23.7 Å². The fraction of sp³-hybridized carbons (Fsp3) is 0.212. The number of nitrogens with zero attached hydrogens (tertiary/aromatic N) is 3. The minimum atomic E-state index is -0.874. The summed E-state index contributed by atoms with van der Waals surface area (Å²) in [5.74, 6) is 2.48. The van der Waals surface area contributed by atoms with Gasteiger partial charge < -0.3 is 45.0 Å². The van der Waals surface area contributed by atoms with E-state index in [0.29, 0.717) is 16.5 Å². The maximum Gasteiger partial charge on any atom is 0.277 e. The topological polar surface area (TPSA) is 88.3 Å². The quantitative estimate of drug-likeness (QED) is 0.124. The number of carbonyl (C=O) groups excluding carboxylic acids is 2. The first-order chi connectivity index (χ1) is 20.1. The molecule has 1 N–H and O–H groups in total. The Morgan fingerprint density at radius 3 is 2.31 bits per heavy atom. The number of hydrogen-bond acceptors (Lipinski definition) is 6. The first-order valence-corrected chi connectivity index (χ1v) is 14.5. The van der Waals surface area contributed by atoms with Crippen LogP contribution in [0.1, 0.15) is 59.2 Å². The fourth-order valence-electron chi connectivity index (χ4n) is 4.93. The molecular formula is C33H30FeN4O3S-6. The van der Waals surface area contributed by atoms with Crippen LogP contribution < -0.4 is 10.2 Å². The van der Waals surface area contributed by atoms with Gasteiger partial charge in [0, 0.05) is 39.7 Å². The van der Waals surface area contributed by atoms with Gasteiger partial charge in [-0.2, -0.15) is 12.1 Å². The number of benzene rings is 1. The van der Waals surface area contributed by atoms with Gasteiger partial charge in [0.25, 0.3) is 5.91 Å². The zero-order chi connectivity index (χ0) is 28.4. The summed E-state index contributed by atoms with van der Waals surface area (Å²) in [6, 6.07) is 24.0. The summed E-state index contributed by atoms with van der Waals surface area (Å²) in [4.78, 5) is 37.5. The van der Waals surface area contributed by atoms with Crippen molar-refractivity contribution in [2.24, 2.45) is 0 Å². The summed E-state index contributed by atoms with van der Waals surface area (Å²) < 4.78 is 5.40. The van der Waals surface area contributed by atoms with Crippen LogP contribution in [0.3, 0.4) is 0 Å². The third kappa shape index (κ3) is 7.54. The molecule has 9 heteroatoms. The van der Waals surface area contributed by atoms with E-state index in [4.69, 9.17) is 10.8 Å². The van der Waals surface area contributed by atoms with E-state index < -0.39 is 11.9 Å². The Morgan fingerprint density at radius 1 is 1.07 bits per heavy atom. The van der Waals surface area contributed by atoms with Gasteiger partial charge >= 0.3 is 0 Å². The summed E-state index contributed by atoms with van der Waals surface area (Å²) in [7, 11) is 0. The van der Waals surface area contributed by atoms with E-state index in [2.05, 4.69) is 21.2 Å². The molecule has 5 aromatic rings. The zero-order valence-electron chi connectivity index (χ0n) is 22.8. The second kappa shape index (κ2) is 15.1. The molecule has 220 valence electrons. The molecule has 6 rings (SSSR count). The fourth-order valence-corrected chi connectivity index (χ4v) is 5.52. The van der Waals surface area contributed by atoms with Crippen LogP contribution in [-0.2, 0) is 21.9 Å². The number of nitrogens with one attached hydrogen (secondary N) is 1. The maximum absolute atomic E-state index is 13.9. The van der Waals surface area contributed by atoms with E-state index in [0.717, 1.165) is 36.8 Å². The minimum absolute atomic E-state index is 0. The average Bonchev–Trinajstić information content (AvgIpc) is 3.85. The molecule has 0 aliphatic heterocycles. The molecule has 2 aromatic heterocycles. The number of thiazole rings is 1. The Morgan fingerprint density at radius 2 is 1.74 bits per heavy atom. The molecule has 42 heavy (non-hydrogen) atoms. The Bertz CT molecular complexity index is 1530. The van der Waals surface area contributed by atoms with Crippen LogP contribution in [0, 0.1) is 12.3 Å². The molecule has 0 saturated heterocycles. The number of hydrogen-bond donors (Lipinski definition) is 1. The van der Waals surface area contributed by atoms with Gasteiger partial charge in [0.05, 0.1) is 12.2 Å². The summed E-state index contributed by atoms with van der Waals surface area (Å²) in [5, 5.41) is 5.25. The summed E-state index contributed by atoms with van der Waals surface area (Å²) >= 11 is 1.22. The molecule has 2 heterocycles. The number of amides is 2. The molecule has 1 fully saturated rings. The molecular weight excluding hydrogens is 588 g/mol. The third-order valence-electron chi connectivity index (χ3n) is 6.95. The maximum atomic E-state index is 13.9. The SMILES string of the molecule is C#Cc1nc(C(=O)N(c2ccc(-c3cnco3)cc2)C(C(=O)NC2CCCCC2)[c-]2cccc2)cs1.[Fe].[cH-]1[cH-][cH-][cH-][cH-]1. The van der Waals surface area contributed by atoms with E-state index in [1.807, 2.05) is 66.7 Å². The predicted octanol–water partition coefficient (Wildman–Crippen LogP) is 6.74. The van der Waals surface area contributed by atoms with E-state index in [1.165, 1.54) is 29.1 Å². The molecule has 3 aromatic carbocycles. The molecule has 1 saturated carbocycles. The van der Waals surface area contributed by atoms with Crippen molar-refractivity contribution in [3.05, 3.63) is 113 Å². The molecule has 1 aliphatic carbocycles. The summed E-state index contributed by atoms with van der Waals surface area (Å²) in [6.07, 6.45) is 13.7. The monoisotopic (exact) mass is 618 g/mol. The number of carbonyl (C=O) groups is 2. The molecule has 2 amide bonds. The number of rotatable bonds is 7. The van der Waals surface area contributed by atoms with E-state index in [9.17, 15) is 9.59 Å². The van der Waals surface area contributed by atoms with Crippen LogP contribution in [0.4, 0.5) is 5.69 Å². The molecule has 0 radical (unpaired) electrons. The largest absolute Gasteiger partial charge is 0.748 e. The van der Waals surface area contributed by atoms with Gasteiger partial charge in [-0.1, -0.05) is 19.3 Å². The molecule has 1 atom stereocenters. The number of oxazole rings is 1. The Hall–Kier alpha value is -4.22. The molecule has 0 bridgehead atoms. The van der Waals surface area contributed by atoms with Crippen LogP contribution in [0.2, 0.25) is 0 Å². The first kappa shape index (κ1) is 30.7. The van der Waals surface area contributed by atoms with Crippen LogP contribution in [0.25, 0.3) is 11.3 Å². The third-order valence-corrected chi connectivity index (χ3v) is 7.72. The molecule has 1 aliphatic rings. The van der Waals surface area contributed by atoms with Crippen molar-refractivity contribution in [2.75, 3.05) is 4.90 Å². The number of aromatic nitrogens is 2. The Kier molecular flexibility index (Phi) is 11.1. The van der Waals surface area contributed by atoms with Crippen LogP contribution >= 0.6 is 11.3 Å². The van der Waals surface area contributed by atoms with Crippen molar-refractivity contribution < 1.29 is 31.1 Å². The smallest absolute Gasteiger partial charge is 0.277 e. The van der Waals surface area contributed by atoms with Crippen molar-refractivity contribution in [2.45, 2.75) is 44.2 Å². The molecule has 0 spiro atoms. The van der Waals surface area contributed by atoms with Gasteiger partial charge in [-0.15, -0.1) is 23.3 Å². The van der Waals surface area contributed by atoms with Crippen molar-refractivity contribution >= 4 is 28.8 Å². The van der Waals surface area contributed by atoms with Crippen LogP contribution in [-0.4, -0.2) is 27.8 Å². The van der Waals surface area contributed by atoms with Crippen molar-refractivity contribution in [1.29, 1.82) is 0 Å². The summed E-state index contributed by atoms with van der Waals surface area (Å²) in [5.41, 5.74) is 2.30. The summed E-state index contributed by atoms with van der Waals surface area (Å²) in [6.45, 7) is 0. The normalized spacial score (nSPS) is 13.5. The van der Waals surface area contributed by atoms with Crippen molar-refractivity contribution in [1.82, 2.24) is 15.3 Å². The van der Waals surface area contributed by atoms with Crippen LogP contribution in [0.5, 0.6) is 0 Å². The molecule has 1 unspecified atom stereocenters. The number of terminal acetylenes is 1. The van der Waals surface area contributed by atoms with Gasteiger partial charge in [0.15, 0.2) is 17.2 Å². The first-order valence-electron chi connectivity index (χ1n) is 13.6. The molecule has 7 nitrogen and oxygen atoms in total. The van der Waals surface area contributed by atoms with Gasteiger partial charge in [-0.25, -0.2) is 22.1 Å². The van der Waals surface area contributed by atoms with Gasteiger partial charge in [0.2, 0.25) is 5.91 Å². The minimum Gasteiger partial charge on any atom is -0.748 e. The van der Waals surface area contributed by atoms with E-state index in [1.54, 1.807) is 23.7 Å². The second-order valence-electron chi connectivity index (χ2n) is 9.70. The van der Waals surface area contributed by atoms with Crippen molar-refractivity contribution in [3.63, 3.8) is 0 Å². The average molecular weight is 619 g/mol. The van der Waals surface area contributed by atoms with E-state index in [-0.39, 0.29) is 34.7 Å². The van der Waals surface area contributed by atoms with Gasteiger partial charge in [-0.3, -0.25) is 9.59 Å². The Labute approximate surface area is 260 Å². The Balaban J connectivity index is 0.000000612. The van der Waals surface area contributed by atoms with Crippen LogP contribution in [0.15, 0.2) is 101 Å². The zero-order valence-corrected chi connectivity index (χ0v) is 24.8. The van der Waals surface area contributed by atoms with Gasteiger partial charge in [0.1, 0.15) is 5.69 Å². The number of anilines is 1. The second-order valence-corrected chi connectivity index (χ2v) is 10.6. The standard InChI is InChI=1S/C28H25N4O3S.C5H5.Fe/c1-2-25-31-23(17-36-25)28(34)32(22-14-12-19(13-15-22)24-16-29-18-35-24)26(20-8-6-7-9-20)27(33)30-21-10-4-3-5-11-21;1-2-4-5-3-1;/h1,6-9,12-18,21,26H,3-5,10-11H2,(H,30,33);1-5H;/q-1;-5;. The van der Waals surface area contributed by atoms with Gasteiger partial charge in [-0.05, 0) is 43.0 Å². The van der Waals surface area contributed by atoms with E-state index >= 15 is 0 Å².